The molecule has 28 heavy (non-hydrogen) atoms. The molecule has 1 aliphatic heterocycles. The molecule has 1 fully saturated rings. The topological polar surface area (TPSA) is 54.6 Å². The van der Waals surface area contributed by atoms with Crippen molar-refractivity contribution >= 4 is 17.3 Å². The lowest BCUT2D eigenvalue weighted by Crippen LogP contribution is -2.47. The van der Waals surface area contributed by atoms with Crippen LogP contribution in [0.5, 0.6) is 0 Å². The number of hydrogen-bond acceptors (Lipinski definition) is 3. The van der Waals surface area contributed by atoms with E-state index in [0.717, 1.165) is 46.6 Å². The van der Waals surface area contributed by atoms with Crippen LogP contribution in [0.15, 0.2) is 52.5 Å². The van der Waals surface area contributed by atoms with E-state index in [2.05, 4.69) is 25.3 Å². The fraction of sp³-hybridized carbons (Fsp3) is 0.455. The molecule has 0 radical (unpaired) electrons. The summed E-state index contributed by atoms with van der Waals surface area (Å²) in [5.74, 6) is 0.632. The molecule has 0 spiro atoms. The van der Waals surface area contributed by atoms with Crippen LogP contribution in [0.25, 0.3) is 0 Å². The lowest BCUT2D eigenvalue weighted by Gasteiger charge is -2.40. The molecule has 2 heterocycles. The Morgan fingerprint density at radius 2 is 1.93 bits per heavy atom. The van der Waals surface area contributed by atoms with Gasteiger partial charge in [0.1, 0.15) is 0 Å². The maximum absolute atomic E-state index is 11.7. The van der Waals surface area contributed by atoms with E-state index in [1.807, 2.05) is 18.2 Å². The Kier molecular flexibility index (Phi) is 6.26. The zero-order valence-corrected chi connectivity index (χ0v) is 17.6. The maximum Gasteiger partial charge on any atom is 0.250 e. The number of rotatable bonds is 5. The van der Waals surface area contributed by atoms with Gasteiger partial charge in [0.15, 0.2) is 0 Å². The summed E-state index contributed by atoms with van der Waals surface area (Å²) in [4.78, 5) is 11.7. The van der Waals surface area contributed by atoms with Crippen LogP contribution in [0, 0.1) is 5.92 Å². The smallest absolute Gasteiger partial charge is 0.250 e. The highest BCUT2D eigenvalue weighted by Gasteiger charge is 2.34. The Hall–Kier alpha value is -2.11. The second-order valence-electron chi connectivity index (χ2n) is 8.47. The molecule has 1 aromatic heterocycles. The summed E-state index contributed by atoms with van der Waals surface area (Å²) in [6.07, 6.45) is 4.52. The Balaban J connectivity index is 1.93. The minimum Gasteiger partial charge on any atom is -0.411 e. The quantitative estimate of drug-likeness (QED) is 0.357. The molecule has 6 heteroatoms. The SMILES string of the molecule is Cn1cc(C(CC(c2ccccc2Cl)C2CC[N+](C)(C)CC2)=NO)ccc1=O. The van der Waals surface area contributed by atoms with Crippen molar-refractivity contribution in [2.75, 3.05) is 27.2 Å². The van der Waals surface area contributed by atoms with E-state index >= 15 is 0 Å². The number of benzene rings is 1. The summed E-state index contributed by atoms with van der Waals surface area (Å²) >= 11 is 6.56. The highest BCUT2D eigenvalue weighted by atomic mass is 35.5. The third-order valence-electron chi connectivity index (χ3n) is 6.04. The molecule has 150 valence electrons. The maximum atomic E-state index is 11.7. The summed E-state index contributed by atoms with van der Waals surface area (Å²) in [6, 6.07) is 11.2. The van der Waals surface area contributed by atoms with Gasteiger partial charge < -0.3 is 14.3 Å². The van der Waals surface area contributed by atoms with Crippen molar-refractivity contribution in [1.29, 1.82) is 0 Å². The van der Waals surface area contributed by atoms with Crippen LogP contribution in [0.3, 0.4) is 0 Å². The van der Waals surface area contributed by atoms with Crippen molar-refractivity contribution in [3.8, 4) is 0 Å². The summed E-state index contributed by atoms with van der Waals surface area (Å²) in [6.45, 7) is 2.24. The van der Waals surface area contributed by atoms with Crippen molar-refractivity contribution in [3.05, 3.63) is 69.1 Å². The largest absolute Gasteiger partial charge is 0.411 e. The first-order valence-electron chi connectivity index (χ1n) is 9.75. The van der Waals surface area contributed by atoms with Crippen LogP contribution < -0.4 is 5.56 Å². The van der Waals surface area contributed by atoms with Crippen molar-refractivity contribution in [3.63, 3.8) is 0 Å². The van der Waals surface area contributed by atoms with Crippen LogP contribution >= 0.6 is 11.6 Å². The van der Waals surface area contributed by atoms with Gasteiger partial charge in [0.2, 0.25) is 5.56 Å². The van der Waals surface area contributed by atoms with Crippen LogP contribution in [0.4, 0.5) is 0 Å². The highest BCUT2D eigenvalue weighted by molar-refractivity contribution is 6.31. The van der Waals surface area contributed by atoms with E-state index in [0.29, 0.717) is 18.1 Å². The van der Waals surface area contributed by atoms with E-state index in [1.54, 1.807) is 19.3 Å². The van der Waals surface area contributed by atoms with Crippen LogP contribution in [-0.2, 0) is 7.05 Å². The van der Waals surface area contributed by atoms with Crippen LogP contribution in [0.2, 0.25) is 5.02 Å². The van der Waals surface area contributed by atoms with Gasteiger partial charge >= 0.3 is 0 Å². The number of nitrogens with zero attached hydrogens (tertiary/aromatic N) is 3. The van der Waals surface area contributed by atoms with Crippen LogP contribution in [0.1, 0.15) is 36.3 Å². The summed E-state index contributed by atoms with van der Waals surface area (Å²) < 4.78 is 2.54. The first-order chi connectivity index (χ1) is 13.3. The zero-order chi connectivity index (χ0) is 20.3. The predicted molar refractivity (Wildman–Crippen MR) is 113 cm³/mol. The van der Waals surface area contributed by atoms with Gasteiger partial charge in [-0.1, -0.05) is 35.0 Å². The number of quaternary nitrogens is 1. The average molecular weight is 403 g/mol. The first-order valence-corrected chi connectivity index (χ1v) is 10.1. The molecule has 0 bridgehead atoms. The lowest BCUT2D eigenvalue weighted by molar-refractivity contribution is -0.896. The van der Waals surface area contributed by atoms with Crippen molar-refractivity contribution in [1.82, 2.24) is 4.57 Å². The van der Waals surface area contributed by atoms with Gasteiger partial charge in [-0.2, -0.15) is 0 Å². The van der Waals surface area contributed by atoms with Gasteiger partial charge in [-0.25, -0.2) is 0 Å². The lowest BCUT2D eigenvalue weighted by atomic mass is 9.76. The average Bonchev–Trinajstić information content (AvgIpc) is 2.66. The molecule has 3 rings (SSSR count). The third-order valence-corrected chi connectivity index (χ3v) is 6.38. The Morgan fingerprint density at radius 3 is 2.54 bits per heavy atom. The molecule has 0 aliphatic carbocycles. The second-order valence-corrected chi connectivity index (χ2v) is 8.87. The minimum atomic E-state index is -0.0871. The molecule has 1 aliphatic rings. The zero-order valence-electron chi connectivity index (χ0n) is 16.8. The van der Waals surface area contributed by atoms with E-state index in [9.17, 15) is 10.0 Å². The van der Waals surface area contributed by atoms with E-state index < -0.39 is 0 Å². The van der Waals surface area contributed by atoms with Gasteiger partial charge in [-0.3, -0.25) is 4.79 Å². The first kappa shape index (κ1) is 20.6. The molecule has 1 atom stereocenters. The molecular weight excluding hydrogens is 374 g/mol. The van der Waals surface area contributed by atoms with Crippen molar-refractivity contribution < 1.29 is 9.69 Å². The van der Waals surface area contributed by atoms with Gasteiger partial charge in [-0.15, -0.1) is 0 Å². The number of likely N-dealkylation sites (tertiary alicyclic amines) is 1. The van der Waals surface area contributed by atoms with Gasteiger partial charge in [-0.05, 0) is 29.5 Å². The molecule has 1 unspecified atom stereocenters. The number of hydrogen-bond donors (Lipinski definition) is 1. The molecule has 1 aromatic carbocycles. The molecule has 1 saturated heterocycles. The summed E-state index contributed by atoms with van der Waals surface area (Å²) in [5.41, 5.74) is 2.36. The third kappa shape index (κ3) is 4.65. The van der Waals surface area contributed by atoms with E-state index in [1.165, 1.54) is 10.6 Å². The number of oxime groups is 1. The summed E-state index contributed by atoms with van der Waals surface area (Å²) in [5, 5.41) is 14.1. The fourth-order valence-corrected chi connectivity index (χ4v) is 4.46. The summed E-state index contributed by atoms with van der Waals surface area (Å²) in [7, 11) is 6.24. The fourth-order valence-electron chi connectivity index (χ4n) is 4.18. The Bertz CT molecular complexity index is 910. The number of halogens is 1. The predicted octanol–water partition coefficient (Wildman–Crippen LogP) is 3.88. The minimum absolute atomic E-state index is 0.0871. The van der Waals surface area contributed by atoms with E-state index in [4.69, 9.17) is 11.6 Å². The standard InChI is InChI=1S/C22H28ClN3O2/c1-25-15-17(8-9-22(25)27)21(24-28)14-19(18-6-4-5-7-20(18)23)16-10-12-26(2,3)13-11-16/h4-9,15-16,19H,10-14H2,1-3H3/p+1. The number of piperidine rings is 1. The molecule has 2 aromatic rings. The number of aryl methyl sites for hydroxylation is 1. The molecule has 1 N–H and O–H groups in total. The van der Waals surface area contributed by atoms with Gasteiger partial charge in [0.25, 0.3) is 0 Å². The number of aromatic nitrogens is 1. The molecule has 5 nitrogen and oxygen atoms in total. The molecule has 0 saturated carbocycles. The van der Waals surface area contributed by atoms with Crippen LogP contribution in [-0.4, -0.2) is 47.2 Å². The van der Waals surface area contributed by atoms with E-state index in [-0.39, 0.29) is 11.5 Å². The van der Waals surface area contributed by atoms with Gasteiger partial charge in [0.05, 0.1) is 32.9 Å². The molecule has 0 amide bonds. The van der Waals surface area contributed by atoms with Crippen molar-refractivity contribution in [2.24, 2.45) is 18.1 Å². The molecular formula is C22H29ClN3O2+. The Morgan fingerprint density at radius 1 is 1.25 bits per heavy atom. The monoisotopic (exact) mass is 402 g/mol. The highest BCUT2D eigenvalue weighted by Crippen LogP contribution is 2.39. The van der Waals surface area contributed by atoms with Crippen molar-refractivity contribution in [2.45, 2.75) is 25.2 Å². The normalized spacial score (nSPS) is 18.8. The Labute approximate surface area is 171 Å². The number of pyridine rings is 1. The second kappa shape index (κ2) is 8.50. The van der Waals surface area contributed by atoms with Gasteiger partial charge in [0, 0.05) is 49.2 Å².